The number of nitrogen functional groups attached to an aromatic ring is 1. The molecule has 2 N–H and O–H groups in total. The predicted molar refractivity (Wildman–Crippen MR) is 126 cm³/mol. The van der Waals surface area contributed by atoms with Crippen LogP contribution in [0.3, 0.4) is 0 Å². The van der Waals surface area contributed by atoms with Crippen molar-refractivity contribution in [2.75, 3.05) is 31.9 Å². The highest BCUT2D eigenvalue weighted by molar-refractivity contribution is 5.96. The Hall–Kier alpha value is -2.79. The molecule has 1 fully saturated rings. The van der Waals surface area contributed by atoms with Crippen LogP contribution in [0.1, 0.15) is 40.0 Å². The van der Waals surface area contributed by atoms with Gasteiger partial charge in [-0.15, -0.1) is 0 Å². The number of hydrogen-bond donors (Lipinski definition) is 1. The summed E-state index contributed by atoms with van der Waals surface area (Å²) < 4.78 is 6.26. The molecule has 0 spiro atoms. The van der Waals surface area contributed by atoms with Crippen molar-refractivity contribution in [3.8, 4) is 0 Å². The molecule has 1 saturated heterocycles. The van der Waals surface area contributed by atoms with Gasteiger partial charge < -0.3 is 15.1 Å². The van der Waals surface area contributed by atoms with Crippen LogP contribution in [0.25, 0.3) is 11.0 Å². The molecule has 2 heterocycles. The van der Waals surface area contributed by atoms with E-state index in [0.717, 1.165) is 67.1 Å². The molecule has 1 amide bonds. The Labute approximate surface area is 184 Å². The number of benzene rings is 2. The lowest BCUT2D eigenvalue weighted by atomic mass is 9.96. The van der Waals surface area contributed by atoms with Gasteiger partial charge in [0.25, 0.3) is 0 Å². The molecule has 0 bridgehead atoms. The highest BCUT2D eigenvalue weighted by Crippen LogP contribution is 2.37. The maximum Gasteiger partial charge on any atom is 0.222 e. The molecular formula is C26H33N3O2. The molecular weight excluding hydrogens is 386 g/mol. The minimum atomic E-state index is 0.248. The van der Waals surface area contributed by atoms with Gasteiger partial charge in [0.2, 0.25) is 5.91 Å². The number of anilines is 1. The van der Waals surface area contributed by atoms with E-state index in [4.69, 9.17) is 10.2 Å². The number of piperazine rings is 1. The second kappa shape index (κ2) is 8.75. The van der Waals surface area contributed by atoms with Gasteiger partial charge in [-0.2, -0.15) is 0 Å². The molecule has 164 valence electrons. The normalized spacial score (nSPS) is 15.0. The highest BCUT2D eigenvalue weighted by Gasteiger charge is 2.24. The Kier molecular flexibility index (Phi) is 6.05. The summed E-state index contributed by atoms with van der Waals surface area (Å²) in [5.74, 6) is 1.23. The number of aryl methyl sites for hydroxylation is 3. The van der Waals surface area contributed by atoms with E-state index in [9.17, 15) is 4.79 Å². The number of nitrogens with two attached hydrogens (primary N) is 1. The molecule has 3 aromatic rings. The van der Waals surface area contributed by atoms with Crippen molar-refractivity contribution in [2.45, 2.75) is 47.1 Å². The molecule has 31 heavy (non-hydrogen) atoms. The van der Waals surface area contributed by atoms with Gasteiger partial charge in [0, 0.05) is 43.5 Å². The fourth-order valence-electron chi connectivity index (χ4n) is 4.61. The molecule has 0 aliphatic carbocycles. The molecule has 5 nitrogen and oxygen atoms in total. The van der Waals surface area contributed by atoms with Crippen LogP contribution in [0, 0.1) is 27.7 Å². The number of amides is 1. The first kappa shape index (κ1) is 21.4. The van der Waals surface area contributed by atoms with E-state index in [2.05, 4.69) is 44.7 Å². The summed E-state index contributed by atoms with van der Waals surface area (Å²) in [6, 6.07) is 10.2. The van der Waals surface area contributed by atoms with E-state index in [0.29, 0.717) is 6.42 Å². The smallest absolute Gasteiger partial charge is 0.222 e. The first-order chi connectivity index (χ1) is 14.9. The topological polar surface area (TPSA) is 62.7 Å². The monoisotopic (exact) mass is 419 g/mol. The lowest BCUT2D eigenvalue weighted by Crippen LogP contribution is -2.48. The van der Waals surface area contributed by atoms with Crippen molar-refractivity contribution in [1.82, 2.24) is 9.80 Å². The Morgan fingerprint density at radius 1 is 0.935 bits per heavy atom. The second-order valence-corrected chi connectivity index (χ2v) is 8.79. The van der Waals surface area contributed by atoms with Crippen molar-refractivity contribution < 1.29 is 9.21 Å². The fourth-order valence-corrected chi connectivity index (χ4v) is 4.61. The van der Waals surface area contributed by atoms with Gasteiger partial charge in [-0.05, 0) is 56.4 Å². The van der Waals surface area contributed by atoms with Crippen LogP contribution < -0.4 is 5.73 Å². The largest absolute Gasteiger partial charge is 0.457 e. The number of hydrogen-bond acceptors (Lipinski definition) is 4. The summed E-state index contributed by atoms with van der Waals surface area (Å²) in [6.45, 7) is 12.5. The Morgan fingerprint density at radius 2 is 1.61 bits per heavy atom. The Morgan fingerprint density at radius 3 is 2.29 bits per heavy atom. The Bertz CT molecular complexity index is 1090. The summed E-state index contributed by atoms with van der Waals surface area (Å²) in [5, 5.41) is 1.16. The van der Waals surface area contributed by atoms with Gasteiger partial charge in [0.15, 0.2) is 5.58 Å². The van der Waals surface area contributed by atoms with Gasteiger partial charge >= 0.3 is 0 Å². The molecule has 0 unspecified atom stereocenters. The van der Waals surface area contributed by atoms with Crippen LogP contribution in [-0.4, -0.2) is 41.9 Å². The van der Waals surface area contributed by atoms with Gasteiger partial charge in [0.05, 0.1) is 12.2 Å². The molecule has 0 saturated carbocycles. The van der Waals surface area contributed by atoms with Crippen LogP contribution in [-0.2, 0) is 17.8 Å². The number of carbonyl (C=O) groups is 1. The molecule has 5 heteroatoms. The number of rotatable bonds is 5. The lowest BCUT2D eigenvalue weighted by molar-refractivity contribution is -0.133. The van der Waals surface area contributed by atoms with Crippen molar-refractivity contribution in [1.29, 1.82) is 0 Å². The SMILES string of the molecule is Cc1c(C)c(C)c2c(C)c(CN3CCN(C(=O)CCc4ccccc4)CC3)oc2c1N. The summed E-state index contributed by atoms with van der Waals surface area (Å²) >= 11 is 0. The fraction of sp³-hybridized carbons (Fsp3) is 0.423. The van der Waals surface area contributed by atoms with E-state index in [-0.39, 0.29) is 5.91 Å². The zero-order valence-corrected chi connectivity index (χ0v) is 19.1. The zero-order valence-electron chi connectivity index (χ0n) is 19.1. The summed E-state index contributed by atoms with van der Waals surface area (Å²) in [4.78, 5) is 17.0. The molecule has 0 atom stereocenters. The Balaban J connectivity index is 1.38. The first-order valence-corrected chi connectivity index (χ1v) is 11.2. The van der Waals surface area contributed by atoms with Gasteiger partial charge in [-0.1, -0.05) is 30.3 Å². The number of furan rings is 1. The number of nitrogens with zero attached hydrogens (tertiary/aromatic N) is 2. The van der Waals surface area contributed by atoms with Crippen LogP contribution in [0.2, 0.25) is 0 Å². The third kappa shape index (κ3) is 4.19. The van der Waals surface area contributed by atoms with Crippen LogP contribution in [0.15, 0.2) is 34.7 Å². The maximum atomic E-state index is 12.6. The van der Waals surface area contributed by atoms with Crippen molar-refractivity contribution >= 4 is 22.6 Å². The van der Waals surface area contributed by atoms with Crippen molar-refractivity contribution in [2.24, 2.45) is 0 Å². The zero-order chi connectivity index (χ0) is 22.1. The van der Waals surface area contributed by atoms with Gasteiger partial charge in [-0.3, -0.25) is 9.69 Å². The van der Waals surface area contributed by atoms with E-state index < -0.39 is 0 Å². The number of carbonyl (C=O) groups excluding carboxylic acids is 1. The first-order valence-electron chi connectivity index (χ1n) is 11.2. The van der Waals surface area contributed by atoms with Crippen LogP contribution in [0.5, 0.6) is 0 Å². The molecule has 1 aliphatic heterocycles. The average molecular weight is 420 g/mol. The van der Waals surface area contributed by atoms with E-state index in [1.54, 1.807) is 0 Å². The molecule has 1 aromatic heterocycles. The highest BCUT2D eigenvalue weighted by atomic mass is 16.3. The third-order valence-corrected chi connectivity index (χ3v) is 6.96. The molecule has 0 radical (unpaired) electrons. The van der Waals surface area contributed by atoms with Crippen molar-refractivity contribution in [3.05, 3.63) is 63.9 Å². The second-order valence-electron chi connectivity index (χ2n) is 8.79. The van der Waals surface area contributed by atoms with Crippen molar-refractivity contribution in [3.63, 3.8) is 0 Å². The molecule has 1 aliphatic rings. The van der Waals surface area contributed by atoms with E-state index >= 15 is 0 Å². The molecule has 2 aromatic carbocycles. The van der Waals surface area contributed by atoms with Gasteiger partial charge in [-0.25, -0.2) is 0 Å². The third-order valence-electron chi connectivity index (χ3n) is 6.96. The van der Waals surface area contributed by atoms with E-state index in [1.807, 2.05) is 23.1 Å². The van der Waals surface area contributed by atoms with Gasteiger partial charge in [0.1, 0.15) is 5.76 Å². The minimum absolute atomic E-state index is 0.248. The van der Waals surface area contributed by atoms with E-state index in [1.165, 1.54) is 22.3 Å². The maximum absolute atomic E-state index is 12.6. The number of fused-ring (bicyclic) bond motifs is 1. The quantitative estimate of drug-likeness (QED) is 0.618. The minimum Gasteiger partial charge on any atom is -0.457 e. The summed E-state index contributed by atoms with van der Waals surface area (Å²) in [5.41, 5.74) is 13.9. The summed E-state index contributed by atoms with van der Waals surface area (Å²) in [6.07, 6.45) is 1.38. The summed E-state index contributed by atoms with van der Waals surface area (Å²) in [7, 11) is 0. The molecule has 4 rings (SSSR count). The standard InChI is InChI=1S/C26H33N3O2/c1-17-18(2)24-20(4)22(31-26(24)25(27)19(17)3)16-28-12-14-29(15-13-28)23(30)11-10-21-8-6-5-7-9-21/h5-9H,10-16,27H2,1-4H3. The lowest BCUT2D eigenvalue weighted by Gasteiger charge is -2.34. The van der Waals surface area contributed by atoms with Crippen LogP contribution >= 0.6 is 0 Å². The predicted octanol–water partition coefficient (Wildman–Crippen LogP) is 4.53. The average Bonchev–Trinajstić information content (AvgIpc) is 3.12. The van der Waals surface area contributed by atoms with Crippen LogP contribution in [0.4, 0.5) is 5.69 Å².